The zero-order chi connectivity index (χ0) is 20.8. The zero-order valence-corrected chi connectivity index (χ0v) is 16.5. The van der Waals surface area contributed by atoms with Crippen LogP contribution < -0.4 is 0 Å². The smallest absolute Gasteiger partial charge is 0.248 e. The first kappa shape index (κ1) is 22.3. The largest absolute Gasteiger partial charge is 0.461 e. The van der Waals surface area contributed by atoms with Gasteiger partial charge in [0, 0.05) is 20.1 Å². The van der Waals surface area contributed by atoms with Crippen LogP contribution in [0.1, 0.15) is 0 Å². The van der Waals surface area contributed by atoms with Gasteiger partial charge in [-0.15, -0.1) is 0 Å². The summed E-state index contributed by atoms with van der Waals surface area (Å²) in [4.78, 5) is -1.10. The van der Waals surface area contributed by atoms with Crippen LogP contribution in [0.2, 0.25) is 0 Å². The van der Waals surface area contributed by atoms with Crippen molar-refractivity contribution < 1.29 is 39.3 Å². The Balaban J connectivity index is 2.76. The summed E-state index contributed by atoms with van der Waals surface area (Å²) in [6, 6.07) is 6.39. The predicted octanol–water partition coefficient (Wildman–Crippen LogP) is 6.92. The van der Waals surface area contributed by atoms with E-state index in [0.29, 0.717) is 6.07 Å². The molecular formula is C15H6Br2F8OS. The van der Waals surface area contributed by atoms with Crippen LogP contribution in [0.4, 0.5) is 35.1 Å². The maximum atomic E-state index is 14.1. The molecule has 2 aromatic carbocycles. The van der Waals surface area contributed by atoms with Crippen LogP contribution in [0.25, 0.3) is 11.1 Å². The fourth-order valence-corrected chi connectivity index (χ4v) is 5.03. The number of hydrogen-bond donors (Lipinski definition) is 0. The molecule has 0 radical (unpaired) electrons. The lowest BCUT2D eigenvalue weighted by molar-refractivity contribution is -0.331. The van der Waals surface area contributed by atoms with Crippen LogP contribution in [0, 0.1) is 5.82 Å². The van der Waals surface area contributed by atoms with Gasteiger partial charge in [0.25, 0.3) is 0 Å². The topological polar surface area (TPSA) is 17.1 Å². The third-order valence-corrected chi connectivity index (χ3v) is 5.84. The van der Waals surface area contributed by atoms with Gasteiger partial charge in [0.15, 0.2) is 0 Å². The number of benzene rings is 2. The Labute approximate surface area is 166 Å². The molecule has 0 aliphatic rings. The van der Waals surface area contributed by atoms with Gasteiger partial charge in [0.05, 0.1) is 4.90 Å². The molecule has 1 unspecified atom stereocenters. The van der Waals surface area contributed by atoms with E-state index in [9.17, 15) is 39.3 Å². The second-order valence-corrected chi connectivity index (χ2v) is 8.36. The van der Waals surface area contributed by atoms with E-state index in [2.05, 4.69) is 31.9 Å². The summed E-state index contributed by atoms with van der Waals surface area (Å²) in [5.41, 5.74) is -0.946. The summed E-state index contributed by atoms with van der Waals surface area (Å²) < 4.78 is 118. The Bertz CT molecular complexity index is 898. The fourth-order valence-electron chi connectivity index (χ4n) is 2.04. The molecule has 1 atom stereocenters. The minimum atomic E-state index is -6.65. The second-order valence-electron chi connectivity index (χ2n) is 5.10. The summed E-state index contributed by atoms with van der Waals surface area (Å²) in [7, 11) is -4.18. The first-order valence-corrected chi connectivity index (χ1v) is 9.43. The lowest BCUT2D eigenvalue weighted by Gasteiger charge is -2.28. The molecule has 12 heteroatoms. The monoisotopic (exact) mass is 544 g/mol. The molecule has 2 aromatic rings. The van der Waals surface area contributed by atoms with Crippen LogP contribution in [0.5, 0.6) is 0 Å². The van der Waals surface area contributed by atoms with Gasteiger partial charge < -0.3 is 0 Å². The molecule has 0 aromatic heterocycles. The first-order chi connectivity index (χ1) is 12.2. The van der Waals surface area contributed by atoms with Gasteiger partial charge in [-0.1, -0.05) is 50.1 Å². The summed E-state index contributed by atoms with van der Waals surface area (Å²) >= 11 is 5.76. The van der Waals surface area contributed by atoms with Crippen molar-refractivity contribution in [2.24, 2.45) is 0 Å². The summed E-state index contributed by atoms with van der Waals surface area (Å²) in [5, 5.41) is -6.01. The molecule has 0 aliphatic heterocycles. The molecule has 0 heterocycles. The maximum absolute atomic E-state index is 14.1. The Morgan fingerprint density at radius 3 is 1.96 bits per heavy atom. The molecule has 2 rings (SSSR count). The van der Waals surface area contributed by atoms with Crippen LogP contribution in [0.15, 0.2) is 50.2 Å². The standard InChI is InChI=1S/C15H6Br2F8OS/c16-7-5-9(17)12(8-3-1-2-4-10(8)18)11(6-7)27(26)15(24,25)13(19,20)14(21,22)23/h1-6H. The van der Waals surface area contributed by atoms with Crippen molar-refractivity contribution >= 4 is 42.7 Å². The highest BCUT2D eigenvalue weighted by Gasteiger charge is 2.76. The molecule has 0 bridgehead atoms. The maximum Gasteiger partial charge on any atom is 0.461 e. The minimum absolute atomic E-state index is 0.0519. The SMILES string of the molecule is O=S(c1cc(Br)cc(Br)c1-c1ccccc1F)C(F)(F)C(F)(F)C(F)(F)F. The molecule has 148 valence electrons. The van der Waals surface area contributed by atoms with Gasteiger partial charge in [0.1, 0.15) is 16.6 Å². The van der Waals surface area contributed by atoms with Crippen molar-refractivity contribution in [1.29, 1.82) is 0 Å². The Morgan fingerprint density at radius 2 is 1.44 bits per heavy atom. The van der Waals surface area contributed by atoms with E-state index in [0.717, 1.165) is 12.1 Å². The molecule has 27 heavy (non-hydrogen) atoms. The van der Waals surface area contributed by atoms with E-state index in [-0.39, 0.29) is 8.95 Å². The average molecular weight is 546 g/mol. The van der Waals surface area contributed by atoms with Crippen molar-refractivity contribution in [3.8, 4) is 11.1 Å². The number of hydrogen-bond acceptors (Lipinski definition) is 1. The Hall–Kier alpha value is -1.01. The first-order valence-electron chi connectivity index (χ1n) is 6.70. The molecule has 0 spiro atoms. The second kappa shape index (κ2) is 7.43. The predicted molar refractivity (Wildman–Crippen MR) is 89.6 cm³/mol. The molecular weight excluding hydrogens is 540 g/mol. The van der Waals surface area contributed by atoms with E-state index < -0.39 is 50.0 Å². The van der Waals surface area contributed by atoms with E-state index in [1.54, 1.807) is 0 Å². The van der Waals surface area contributed by atoms with Crippen molar-refractivity contribution in [3.05, 3.63) is 51.2 Å². The van der Waals surface area contributed by atoms with E-state index in [4.69, 9.17) is 0 Å². The quantitative estimate of drug-likeness (QED) is 0.381. The highest BCUT2D eigenvalue weighted by Crippen LogP contribution is 2.51. The number of rotatable bonds is 4. The Morgan fingerprint density at radius 1 is 0.889 bits per heavy atom. The highest BCUT2D eigenvalue weighted by molar-refractivity contribution is 9.11. The van der Waals surface area contributed by atoms with E-state index >= 15 is 0 Å². The van der Waals surface area contributed by atoms with Gasteiger partial charge in [0.2, 0.25) is 0 Å². The van der Waals surface area contributed by atoms with E-state index in [1.165, 1.54) is 18.2 Å². The summed E-state index contributed by atoms with van der Waals surface area (Å²) in [6.07, 6.45) is -6.65. The Kier molecular flexibility index (Phi) is 6.13. The van der Waals surface area contributed by atoms with Crippen molar-refractivity contribution in [2.75, 3.05) is 0 Å². The number of alkyl halides is 7. The molecule has 0 saturated carbocycles. The van der Waals surface area contributed by atoms with Gasteiger partial charge in [-0.05, 0) is 18.2 Å². The number of halogens is 10. The zero-order valence-electron chi connectivity index (χ0n) is 12.6. The third-order valence-electron chi connectivity index (χ3n) is 3.32. The summed E-state index contributed by atoms with van der Waals surface area (Å²) in [5.74, 6) is -7.56. The molecule has 0 amide bonds. The van der Waals surface area contributed by atoms with Crippen LogP contribution in [-0.2, 0) is 10.8 Å². The highest BCUT2D eigenvalue weighted by atomic mass is 79.9. The minimum Gasteiger partial charge on any atom is -0.248 e. The van der Waals surface area contributed by atoms with Crippen molar-refractivity contribution in [3.63, 3.8) is 0 Å². The molecule has 0 saturated heterocycles. The lowest BCUT2D eigenvalue weighted by Crippen LogP contribution is -2.54. The van der Waals surface area contributed by atoms with Crippen molar-refractivity contribution in [1.82, 2.24) is 0 Å². The average Bonchev–Trinajstić information content (AvgIpc) is 2.53. The van der Waals surface area contributed by atoms with Crippen LogP contribution >= 0.6 is 31.9 Å². The van der Waals surface area contributed by atoms with Crippen LogP contribution in [0.3, 0.4) is 0 Å². The van der Waals surface area contributed by atoms with Gasteiger partial charge >= 0.3 is 17.4 Å². The fraction of sp³-hybridized carbons (Fsp3) is 0.200. The normalized spacial score (nSPS) is 14.3. The molecule has 0 N–H and O–H groups in total. The molecule has 0 aliphatic carbocycles. The van der Waals surface area contributed by atoms with Gasteiger partial charge in [-0.2, -0.15) is 30.7 Å². The lowest BCUT2D eigenvalue weighted by atomic mass is 10.1. The van der Waals surface area contributed by atoms with Crippen LogP contribution in [-0.4, -0.2) is 21.6 Å². The molecule has 1 nitrogen and oxygen atoms in total. The summed E-state index contributed by atoms with van der Waals surface area (Å²) in [6.45, 7) is 0. The molecule has 0 fully saturated rings. The van der Waals surface area contributed by atoms with Gasteiger partial charge in [-0.25, -0.2) is 8.60 Å². The van der Waals surface area contributed by atoms with Gasteiger partial charge in [-0.3, -0.25) is 0 Å². The van der Waals surface area contributed by atoms with E-state index in [1.807, 2.05) is 0 Å². The van der Waals surface area contributed by atoms with Crippen molar-refractivity contribution in [2.45, 2.75) is 22.2 Å². The third kappa shape index (κ3) is 3.93.